The highest BCUT2D eigenvalue weighted by Crippen LogP contribution is 2.44. The molecule has 3 rings (SSSR count). The van der Waals surface area contributed by atoms with Crippen molar-refractivity contribution in [2.45, 2.75) is 111 Å². The number of nitrogens with zero attached hydrogens (tertiary/aromatic N) is 1. The molecule has 2 aromatic carbocycles. The number of anilines is 1. The molecule has 2 N–H and O–H groups in total. The van der Waals surface area contributed by atoms with Gasteiger partial charge in [-0.1, -0.05) is 44.4 Å². The number of aromatic hydroxyl groups is 1. The number of hydrogen-bond donors (Lipinski definition) is 2. The molecule has 0 aliphatic carbocycles. The Bertz CT molecular complexity index is 1140. The Morgan fingerprint density at radius 3 is 2.32 bits per heavy atom. The highest BCUT2D eigenvalue weighted by molar-refractivity contribution is 6.05. The van der Waals surface area contributed by atoms with E-state index in [9.17, 15) is 14.7 Å². The van der Waals surface area contributed by atoms with Crippen molar-refractivity contribution in [1.82, 2.24) is 5.32 Å². The van der Waals surface area contributed by atoms with E-state index in [2.05, 4.69) is 12.2 Å². The fourth-order valence-corrected chi connectivity index (χ4v) is 5.10. The van der Waals surface area contributed by atoms with Gasteiger partial charge in [0.1, 0.15) is 17.5 Å². The van der Waals surface area contributed by atoms with E-state index in [0.29, 0.717) is 30.7 Å². The first-order chi connectivity index (χ1) is 17.3. The van der Waals surface area contributed by atoms with Crippen LogP contribution in [0.25, 0.3) is 0 Å². The maximum atomic E-state index is 14.5. The summed E-state index contributed by atoms with van der Waals surface area (Å²) in [5, 5.41) is 13.7. The lowest BCUT2D eigenvalue weighted by Crippen LogP contribution is -2.60. The number of carbonyl (C=O) groups is 2. The van der Waals surface area contributed by atoms with Crippen molar-refractivity contribution in [3.05, 3.63) is 52.6 Å². The van der Waals surface area contributed by atoms with Crippen molar-refractivity contribution >= 4 is 17.5 Å². The monoisotopic (exact) mass is 508 g/mol. The van der Waals surface area contributed by atoms with Gasteiger partial charge < -0.3 is 15.2 Å². The number of hydrogen-bond acceptors (Lipinski definition) is 4. The van der Waals surface area contributed by atoms with Gasteiger partial charge in [-0.05, 0) is 90.1 Å². The van der Waals surface area contributed by atoms with Gasteiger partial charge in [-0.25, -0.2) is 0 Å². The molecular weight excluding hydrogens is 464 g/mol. The van der Waals surface area contributed by atoms with E-state index in [1.165, 1.54) is 0 Å². The number of nitrogens with one attached hydrogen (secondary N) is 1. The van der Waals surface area contributed by atoms with Crippen LogP contribution < -0.4 is 15.0 Å². The van der Waals surface area contributed by atoms with Gasteiger partial charge in [-0.3, -0.25) is 14.5 Å². The van der Waals surface area contributed by atoms with Gasteiger partial charge in [0.05, 0.1) is 0 Å². The summed E-state index contributed by atoms with van der Waals surface area (Å²) in [6, 6.07) is 8.79. The van der Waals surface area contributed by atoms with Gasteiger partial charge in [-0.15, -0.1) is 0 Å². The Kier molecular flexibility index (Phi) is 8.61. The number of amides is 2. The largest absolute Gasteiger partial charge is 0.507 e. The number of para-hydroxylation sites is 1. The molecule has 2 atom stereocenters. The average molecular weight is 509 g/mol. The van der Waals surface area contributed by atoms with Crippen LogP contribution in [0.15, 0.2) is 30.3 Å². The summed E-state index contributed by atoms with van der Waals surface area (Å²) in [5.74, 6) is 0.575. The molecule has 2 unspecified atom stereocenters. The number of fused-ring (bicyclic) bond motifs is 1. The van der Waals surface area contributed by atoms with Crippen LogP contribution in [0.2, 0.25) is 0 Å². The van der Waals surface area contributed by atoms with Crippen LogP contribution in [-0.4, -0.2) is 34.1 Å². The molecule has 0 saturated heterocycles. The van der Waals surface area contributed by atoms with Gasteiger partial charge >= 0.3 is 0 Å². The highest BCUT2D eigenvalue weighted by Gasteiger charge is 2.46. The highest BCUT2D eigenvalue weighted by atomic mass is 16.5. The summed E-state index contributed by atoms with van der Waals surface area (Å²) in [6.07, 6.45) is 4.47. The molecule has 0 aromatic heterocycles. The van der Waals surface area contributed by atoms with E-state index in [1.807, 2.05) is 78.8 Å². The van der Waals surface area contributed by atoms with E-state index in [0.717, 1.165) is 41.5 Å². The quantitative estimate of drug-likeness (QED) is 0.410. The molecule has 2 amide bonds. The molecule has 1 aliphatic heterocycles. The number of benzene rings is 2. The molecule has 1 aliphatic rings. The summed E-state index contributed by atoms with van der Waals surface area (Å²) in [6.45, 7) is 15.5. The zero-order chi connectivity index (χ0) is 27.5. The van der Waals surface area contributed by atoms with Crippen molar-refractivity contribution in [3.8, 4) is 11.5 Å². The second-order valence-corrected chi connectivity index (χ2v) is 11.6. The van der Waals surface area contributed by atoms with Crippen LogP contribution in [0.4, 0.5) is 5.69 Å². The molecule has 2 aromatic rings. The summed E-state index contributed by atoms with van der Waals surface area (Å²) < 4.78 is 6.55. The maximum absolute atomic E-state index is 14.5. The molecule has 0 bridgehead atoms. The lowest BCUT2D eigenvalue weighted by molar-refractivity contribution is -0.137. The molecule has 202 valence electrons. The van der Waals surface area contributed by atoms with Crippen LogP contribution in [0.5, 0.6) is 11.5 Å². The van der Waals surface area contributed by atoms with Gasteiger partial charge in [0.15, 0.2) is 5.60 Å². The van der Waals surface area contributed by atoms with Gasteiger partial charge in [0.25, 0.3) is 5.91 Å². The molecular formula is C31H44N2O4. The molecule has 6 nitrogen and oxygen atoms in total. The number of unbranched alkanes of at least 4 members (excludes halogenated alkanes) is 2. The van der Waals surface area contributed by atoms with Crippen molar-refractivity contribution in [2.24, 2.45) is 0 Å². The standard InChI is InChI=1S/C31H44N2O4/c1-9-10-12-17-25(28(35)32-30(5,6)7)33(23-15-13-11-14-16-23)29(36)31(8)19-18-24-22(4)26(34)20(2)21(3)27(24)37-31/h11,13-16,25,34H,9-10,12,17-19H2,1-8H3,(H,32,35). The van der Waals surface area contributed by atoms with Crippen LogP contribution in [0.3, 0.4) is 0 Å². The number of phenolic OH excluding ortho intramolecular Hbond substituents is 1. The molecule has 37 heavy (non-hydrogen) atoms. The smallest absolute Gasteiger partial charge is 0.271 e. The summed E-state index contributed by atoms with van der Waals surface area (Å²) in [4.78, 5) is 29.8. The van der Waals surface area contributed by atoms with Crippen LogP contribution >= 0.6 is 0 Å². The molecule has 0 saturated carbocycles. The normalized spacial score (nSPS) is 17.9. The fraction of sp³-hybridized carbons (Fsp3) is 0.548. The Balaban J connectivity index is 2.08. The van der Waals surface area contributed by atoms with Crippen LogP contribution in [0, 0.1) is 20.8 Å². The summed E-state index contributed by atoms with van der Waals surface area (Å²) in [7, 11) is 0. The van der Waals surface area contributed by atoms with Crippen molar-refractivity contribution < 1.29 is 19.4 Å². The van der Waals surface area contributed by atoms with Crippen LogP contribution in [0.1, 0.15) is 89.0 Å². The molecule has 6 heteroatoms. The van der Waals surface area contributed by atoms with Gasteiger partial charge in [-0.2, -0.15) is 0 Å². The van der Waals surface area contributed by atoms with E-state index < -0.39 is 17.2 Å². The summed E-state index contributed by atoms with van der Waals surface area (Å²) in [5.41, 5.74) is 2.45. The zero-order valence-corrected chi connectivity index (χ0v) is 23.8. The maximum Gasteiger partial charge on any atom is 0.271 e. The van der Waals surface area contributed by atoms with Crippen LogP contribution in [-0.2, 0) is 16.0 Å². The molecule has 0 spiro atoms. The number of ether oxygens (including phenoxy) is 1. The second kappa shape index (κ2) is 11.2. The first-order valence-electron chi connectivity index (χ1n) is 13.5. The zero-order valence-electron chi connectivity index (χ0n) is 23.8. The third-order valence-electron chi connectivity index (χ3n) is 7.42. The lowest BCUT2D eigenvalue weighted by Gasteiger charge is -2.42. The minimum Gasteiger partial charge on any atom is -0.507 e. The molecule has 0 radical (unpaired) electrons. The third kappa shape index (κ3) is 6.11. The Morgan fingerprint density at radius 1 is 1.08 bits per heavy atom. The predicted octanol–water partition coefficient (Wildman–Crippen LogP) is 6.30. The van der Waals surface area contributed by atoms with Crippen molar-refractivity contribution in [2.75, 3.05) is 4.90 Å². The SMILES string of the molecule is CCCCCC(C(=O)NC(C)(C)C)N(C(=O)C1(C)CCc2c(C)c(O)c(C)c(C)c2O1)c1ccccc1. The average Bonchev–Trinajstić information content (AvgIpc) is 2.85. The Hall–Kier alpha value is -3.02. The summed E-state index contributed by atoms with van der Waals surface area (Å²) >= 11 is 0. The number of phenols is 1. The third-order valence-corrected chi connectivity index (χ3v) is 7.42. The second-order valence-electron chi connectivity index (χ2n) is 11.6. The lowest BCUT2D eigenvalue weighted by atomic mass is 9.86. The van der Waals surface area contributed by atoms with E-state index >= 15 is 0 Å². The van der Waals surface area contributed by atoms with Crippen molar-refractivity contribution in [3.63, 3.8) is 0 Å². The minimum atomic E-state index is -1.16. The Morgan fingerprint density at radius 2 is 1.73 bits per heavy atom. The number of carbonyl (C=O) groups excluding carboxylic acids is 2. The van der Waals surface area contributed by atoms with Crippen molar-refractivity contribution in [1.29, 1.82) is 0 Å². The van der Waals surface area contributed by atoms with Gasteiger partial charge in [0, 0.05) is 23.2 Å². The Labute approximate surface area is 222 Å². The first-order valence-corrected chi connectivity index (χ1v) is 13.5. The first kappa shape index (κ1) is 28.5. The topological polar surface area (TPSA) is 78.9 Å². The fourth-order valence-electron chi connectivity index (χ4n) is 5.10. The molecule has 1 heterocycles. The van der Waals surface area contributed by atoms with Gasteiger partial charge in [0.2, 0.25) is 5.91 Å². The molecule has 0 fully saturated rings. The van der Waals surface area contributed by atoms with E-state index in [1.54, 1.807) is 4.90 Å². The predicted molar refractivity (Wildman–Crippen MR) is 149 cm³/mol. The van der Waals surface area contributed by atoms with E-state index in [-0.39, 0.29) is 17.6 Å². The minimum absolute atomic E-state index is 0.159. The van der Waals surface area contributed by atoms with E-state index in [4.69, 9.17) is 4.74 Å². The number of rotatable bonds is 8.